The molecule has 1 heterocycles. The van der Waals surface area contributed by atoms with Crippen molar-refractivity contribution in [2.45, 2.75) is 32.2 Å². The van der Waals surface area contributed by atoms with Crippen LogP contribution in [0.2, 0.25) is 0 Å². The summed E-state index contributed by atoms with van der Waals surface area (Å²) in [4.78, 5) is 11.9. The van der Waals surface area contributed by atoms with Crippen LogP contribution < -0.4 is 10.6 Å². The first-order chi connectivity index (χ1) is 9.13. The molecule has 0 bridgehead atoms. The van der Waals surface area contributed by atoms with Gasteiger partial charge in [0.15, 0.2) is 0 Å². The van der Waals surface area contributed by atoms with Crippen molar-refractivity contribution in [3.8, 4) is 0 Å². The van der Waals surface area contributed by atoms with Crippen LogP contribution in [0.3, 0.4) is 0 Å². The van der Waals surface area contributed by atoms with Crippen LogP contribution in [-0.2, 0) is 11.2 Å². The van der Waals surface area contributed by atoms with Gasteiger partial charge in [-0.2, -0.15) is 0 Å². The molecule has 0 spiro atoms. The van der Waals surface area contributed by atoms with Gasteiger partial charge in [0.25, 0.3) is 0 Å². The van der Waals surface area contributed by atoms with Crippen molar-refractivity contribution in [2.24, 2.45) is 5.92 Å². The fourth-order valence-electron chi connectivity index (χ4n) is 2.51. The van der Waals surface area contributed by atoms with Crippen molar-refractivity contribution >= 4 is 5.91 Å². The third kappa shape index (κ3) is 4.63. The summed E-state index contributed by atoms with van der Waals surface area (Å²) in [6, 6.07) is 6.51. The van der Waals surface area contributed by atoms with Crippen LogP contribution in [0.25, 0.3) is 0 Å². The van der Waals surface area contributed by atoms with Gasteiger partial charge in [0.2, 0.25) is 5.91 Å². The molecule has 0 aromatic heterocycles. The highest BCUT2D eigenvalue weighted by Gasteiger charge is 2.18. The molecule has 1 fully saturated rings. The third-order valence-corrected chi connectivity index (χ3v) is 3.50. The maximum absolute atomic E-state index is 12.8. The van der Waals surface area contributed by atoms with E-state index < -0.39 is 0 Å². The lowest BCUT2D eigenvalue weighted by atomic mass is 10.0. The van der Waals surface area contributed by atoms with Crippen LogP contribution in [0.15, 0.2) is 24.3 Å². The van der Waals surface area contributed by atoms with Crippen molar-refractivity contribution in [3.05, 3.63) is 35.6 Å². The zero-order valence-corrected chi connectivity index (χ0v) is 11.3. The Labute approximate surface area is 113 Å². The van der Waals surface area contributed by atoms with Crippen LogP contribution in [0.5, 0.6) is 0 Å². The lowest BCUT2D eigenvalue weighted by Gasteiger charge is -2.15. The molecule has 2 atom stereocenters. The molecule has 1 aliphatic rings. The topological polar surface area (TPSA) is 41.1 Å². The lowest BCUT2D eigenvalue weighted by molar-refractivity contribution is -0.122. The van der Waals surface area contributed by atoms with E-state index >= 15 is 0 Å². The average Bonchev–Trinajstić information content (AvgIpc) is 2.84. The summed E-state index contributed by atoms with van der Waals surface area (Å²) >= 11 is 0. The molecule has 1 saturated heterocycles. The fraction of sp³-hybridized carbons (Fsp3) is 0.533. The maximum atomic E-state index is 12.8. The second-order valence-electron chi connectivity index (χ2n) is 5.36. The molecule has 2 rings (SSSR count). The van der Waals surface area contributed by atoms with Gasteiger partial charge in [0.1, 0.15) is 5.82 Å². The Hall–Kier alpha value is -1.42. The Morgan fingerprint density at radius 1 is 1.47 bits per heavy atom. The molecule has 2 unspecified atom stereocenters. The first-order valence-corrected chi connectivity index (χ1v) is 6.88. The van der Waals surface area contributed by atoms with Gasteiger partial charge in [-0.05, 0) is 56.5 Å². The number of halogens is 1. The van der Waals surface area contributed by atoms with Crippen LogP contribution in [0.4, 0.5) is 4.39 Å². The fourth-order valence-corrected chi connectivity index (χ4v) is 2.51. The number of hydrogen-bond donors (Lipinski definition) is 2. The number of rotatable bonds is 5. The number of carbonyl (C=O) groups is 1. The summed E-state index contributed by atoms with van der Waals surface area (Å²) in [5.41, 5.74) is 1.04. The molecule has 4 heteroatoms. The number of nitrogens with one attached hydrogen (secondary N) is 2. The molecule has 2 N–H and O–H groups in total. The monoisotopic (exact) mass is 264 g/mol. The van der Waals surface area contributed by atoms with Gasteiger partial charge >= 0.3 is 0 Å². The van der Waals surface area contributed by atoms with Crippen molar-refractivity contribution < 1.29 is 9.18 Å². The molecule has 19 heavy (non-hydrogen) atoms. The smallest absolute Gasteiger partial charge is 0.220 e. The summed E-state index contributed by atoms with van der Waals surface area (Å²) in [5, 5.41) is 6.27. The second-order valence-corrected chi connectivity index (χ2v) is 5.36. The van der Waals surface area contributed by atoms with E-state index in [-0.39, 0.29) is 17.8 Å². The summed E-state index contributed by atoms with van der Waals surface area (Å²) < 4.78 is 12.8. The molecule has 104 valence electrons. The second kappa shape index (κ2) is 6.66. The van der Waals surface area contributed by atoms with Crippen LogP contribution in [0, 0.1) is 11.7 Å². The first-order valence-electron chi connectivity index (χ1n) is 6.88. The molecule has 0 saturated carbocycles. The van der Waals surface area contributed by atoms with Gasteiger partial charge in [0.05, 0.1) is 0 Å². The molecule has 3 nitrogen and oxygen atoms in total. The zero-order valence-electron chi connectivity index (χ0n) is 11.3. The van der Waals surface area contributed by atoms with Crippen LogP contribution in [-0.4, -0.2) is 25.0 Å². The highest BCUT2D eigenvalue weighted by Crippen LogP contribution is 2.12. The Bertz CT molecular complexity index is 413. The molecule has 0 aliphatic carbocycles. The number of hydrogen-bond acceptors (Lipinski definition) is 2. The number of carbonyl (C=O) groups excluding carboxylic acids is 1. The Morgan fingerprint density at radius 2 is 2.21 bits per heavy atom. The van der Waals surface area contributed by atoms with E-state index in [1.165, 1.54) is 12.1 Å². The normalized spacial score (nSPS) is 20.2. The minimum Gasteiger partial charge on any atom is -0.353 e. The average molecular weight is 264 g/mol. The van der Waals surface area contributed by atoms with E-state index in [1.807, 2.05) is 6.92 Å². The summed E-state index contributed by atoms with van der Waals surface area (Å²) in [6.07, 6.45) is 2.41. The molecule has 1 aliphatic heterocycles. The van der Waals surface area contributed by atoms with Gasteiger partial charge in [0, 0.05) is 12.5 Å². The highest BCUT2D eigenvalue weighted by atomic mass is 19.1. The van der Waals surface area contributed by atoms with Crippen molar-refractivity contribution in [1.82, 2.24) is 10.6 Å². The summed E-state index contributed by atoms with van der Waals surface area (Å²) in [7, 11) is 0. The Kier molecular flexibility index (Phi) is 4.91. The van der Waals surface area contributed by atoms with Gasteiger partial charge in [-0.25, -0.2) is 4.39 Å². The number of benzene rings is 1. The van der Waals surface area contributed by atoms with Gasteiger partial charge in [-0.3, -0.25) is 4.79 Å². The lowest BCUT2D eigenvalue weighted by Crippen LogP contribution is -2.35. The largest absolute Gasteiger partial charge is 0.353 e. The standard InChI is InChI=1S/C15H21FN2O/c1-11(8-12-2-4-14(16)5-3-12)18-15(19)9-13-6-7-17-10-13/h2-5,11,13,17H,6-10H2,1H3,(H,18,19). The van der Waals surface area contributed by atoms with E-state index in [2.05, 4.69) is 10.6 Å². The molecule has 0 radical (unpaired) electrons. The van der Waals surface area contributed by atoms with E-state index in [0.717, 1.165) is 31.5 Å². The molecule has 1 aromatic carbocycles. The Balaban J connectivity index is 1.75. The number of amides is 1. The minimum atomic E-state index is -0.228. The maximum Gasteiger partial charge on any atom is 0.220 e. The van der Waals surface area contributed by atoms with Gasteiger partial charge in [-0.15, -0.1) is 0 Å². The molecule has 1 amide bonds. The molecular formula is C15H21FN2O. The quantitative estimate of drug-likeness (QED) is 0.852. The van der Waals surface area contributed by atoms with Crippen LogP contribution in [0.1, 0.15) is 25.3 Å². The van der Waals surface area contributed by atoms with Gasteiger partial charge < -0.3 is 10.6 Å². The van der Waals surface area contributed by atoms with Gasteiger partial charge in [-0.1, -0.05) is 12.1 Å². The van der Waals surface area contributed by atoms with Crippen molar-refractivity contribution in [1.29, 1.82) is 0 Å². The summed E-state index contributed by atoms with van der Waals surface area (Å²) in [6.45, 7) is 3.94. The SMILES string of the molecule is CC(Cc1ccc(F)cc1)NC(=O)CC1CCNC1. The predicted molar refractivity (Wildman–Crippen MR) is 73.3 cm³/mol. The third-order valence-electron chi connectivity index (χ3n) is 3.50. The zero-order chi connectivity index (χ0) is 13.7. The molecular weight excluding hydrogens is 243 g/mol. The first kappa shape index (κ1) is 14.0. The Morgan fingerprint density at radius 3 is 2.84 bits per heavy atom. The van der Waals surface area contributed by atoms with E-state index in [1.54, 1.807) is 12.1 Å². The van der Waals surface area contributed by atoms with Crippen LogP contribution >= 0.6 is 0 Å². The minimum absolute atomic E-state index is 0.0762. The highest BCUT2D eigenvalue weighted by molar-refractivity contribution is 5.76. The van der Waals surface area contributed by atoms with E-state index in [0.29, 0.717) is 12.3 Å². The summed E-state index contributed by atoms with van der Waals surface area (Å²) in [5.74, 6) is 0.357. The molecule has 1 aromatic rings. The van der Waals surface area contributed by atoms with Crippen molar-refractivity contribution in [2.75, 3.05) is 13.1 Å². The van der Waals surface area contributed by atoms with E-state index in [4.69, 9.17) is 0 Å². The predicted octanol–water partition coefficient (Wildman–Crippen LogP) is 1.87. The van der Waals surface area contributed by atoms with E-state index in [9.17, 15) is 9.18 Å². The van der Waals surface area contributed by atoms with Crippen molar-refractivity contribution in [3.63, 3.8) is 0 Å².